The fourth-order valence-electron chi connectivity index (χ4n) is 3.55. The predicted octanol–water partition coefficient (Wildman–Crippen LogP) is 3.07. The van der Waals surface area contributed by atoms with Gasteiger partial charge in [-0.2, -0.15) is 0 Å². The third-order valence-corrected chi connectivity index (χ3v) is 4.42. The van der Waals surface area contributed by atoms with Gasteiger partial charge in [0.05, 0.1) is 0 Å². The van der Waals surface area contributed by atoms with E-state index in [1.807, 2.05) is 6.07 Å². The van der Waals surface area contributed by atoms with Crippen molar-refractivity contribution >= 4 is 5.69 Å². The first kappa shape index (κ1) is 12.0. The molecular formula is C15H21FN2. The van der Waals surface area contributed by atoms with Gasteiger partial charge >= 0.3 is 0 Å². The monoisotopic (exact) mass is 248 g/mol. The molecule has 2 atom stereocenters. The number of rotatable bonds is 1. The van der Waals surface area contributed by atoms with Crippen LogP contribution in [0.15, 0.2) is 18.2 Å². The highest BCUT2D eigenvalue weighted by Gasteiger charge is 2.30. The Hall–Kier alpha value is -1.09. The molecule has 1 aromatic carbocycles. The van der Waals surface area contributed by atoms with E-state index >= 15 is 0 Å². The zero-order valence-electron chi connectivity index (χ0n) is 11.0. The van der Waals surface area contributed by atoms with Crippen LogP contribution in [0.25, 0.3) is 0 Å². The topological polar surface area (TPSA) is 15.3 Å². The van der Waals surface area contributed by atoms with Crippen molar-refractivity contribution in [3.05, 3.63) is 29.6 Å². The largest absolute Gasteiger partial charge is 0.385 e. The molecule has 2 aliphatic rings. The highest BCUT2D eigenvalue weighted by Crippen LogP contribution is 2.40. The lowest BCUT2D eigenvalue weighted by molar-refractivity contribution is 0.183. The Balaban J connectivity index is 1.86. The standard InChI is InChI=1S/C15H21FN2/c1-18-8-2-3-11(10-18)13-6-7-17-15-9-12(16)4-5-14(13)15/h4-5,9,11,13,17H,2-3,6-8,10H2,1H3. The second-order valence-electron chi connectivity index (χ2n) is 5.72. The molecule has 98 valence electrons. The van der Waals surface area contributed by atoms with E-state index in [0.717, 1.165) is 18.2 Å². The normalized spacial score (nSPS) is 28.6. The summed E-state index contributed by atoms with van der Waals surface area (Å²) in [5.41, 5.74) is 2.34. The molecule has 1 fully saturated rings. The van der Waals surface area contributed by atoms with Crippen LogP contribution < -0.4 is 5.32 Å². The molecule has 2 aliphatic heterocycles. The summed E-state index contributed by atoms with van der Waals surface area (Å²) in [6.45, 7) is 3.38. The molecule has 0 aliphatic carbocycles. The van der Waals surface area contributed by atoms with E-state index in [-0.39, 0.29) is 5.82 Å². The number of anilines is 1. The van der Waals surface area contributed by atoms with Gasteiger partial charge in [-0.1, -0.05) is 6.07 Å². The Bertz CT molecular complexity index is 433. The van der Waals surface area contributed by atoms with Crippen LogP contribution in [0.3, 0.4) is 0 Å². The molecule has 0 radical (unpaired) electrons. The molecule has 0 spiro atoms. The average Bonchev–Trinajstić information content (AvgIpc) is 2.37. The first-order valence-corrected chi connectivity index (χ1v) is 6.96. The number of nitrogens with zero attached hydrogens (tertiary/aromatic N) is 1. The maximum Gasteiger partial charge on any atom is 0.125 e. The molecular weight excluding hydrogens is 227 g/mol. The van der Waals surface area contributed by atoms with Gasteiger partial charge < -0.3 is 10.2 Å². The summed E-state index contributed by atoms with van der Waals surface area (Å²) in [4.78, 5) is 2.43. The zero-order valence-corrected chi connectivity index (χ0v) is 11.0. The van der Waals surface area contributed by atoms with Crippen molar-refractivity contribution in [2.45, 2.75) is 25.2 Å². The molecule has 1 aromatic rings. The number of benzene rings is 1. The molecule has 2 unspecified atom stereocenters. The molecule has 0 aromatic heterocycles. The van der Waals surface area contributed by atoms with Crippen molar-refractivity contribution in [2.24, 2.45) is 5.92 Å². The maximum absolute atomic E-state index is 13.3. The molecule has 1 saturated heterocycles. The predicted molar refractivity (Wildman–Crippen MR) is 72.5 cm³/mol. The maximum atomic E-state index is 13.3. The summed E-state index contributed by atoms with van der Waals surface area (Å²) < 4.78 is 13.3. The van der Waals surface area contributed by atoms with E-state index in [4.69, 9.17) is 0 Å². The summed E-state index contributed by atoms with van der Waals surface area (Å²) in [6, 6.07) is 5.23. The lowest BCUT2D eigenvalue weighted by Crippen LogP contribution is -2.36. The minimum absolute atomic E-state index is 0.136. The van der Waals surface area contributed by atoms with E-state index in [0.29, 0.717) is 5.92 Å². The number of nitrogens with one attached hydrogen (secondary N) is 1. The van der Waals surface area contributed by atoms with Gasteiger partial charge in [-0.25, -0.2) is 4.39 Å². The summed E-state index contributed by atoms with van der Waals surface area (Å²) in [6.07, 6.45) is 3.78. The second kappa shape index (κ2) is 4.88. The Morgan fingerprint density at radius 2 is 2.22 bits per heavy atom. The van der Waals surface area contributed by atoms with Gasteiger partial charge in [0.1, 0.15) is 5.82 Å². The lowest BCUT2D eigenvalue weighted by atomic mass is 9.77. The number of hydrogen-bond acceptors (Lipinski definition) is 2. The Morgan fingerprint density at radius 1 is 1.33 bits per heavy atom. The van der Waals surface area contributed by atoms with Crippen LogP contribution in [0.4, 0.5) is 10.1 Å². The third kappa shape index (κ3) is 2.24. The molecule has 0 bridgehead atoms. The van der Waals surface area contributed by atoms with Gasteiger partial charge in [0.2, 0.25) is 0 Å². The van der Waals surface area contributed by atoms with Crippen molar-refractivity contribution in [1.29, 1.82) is 0 Å². The van der Waals surface area contributed by atoms with Gasteiger partial charge in [-0.15, -0.1) is 0 Å². The van der Waals surface area contributed by atoms with Crippen LogP contribution in [-0.2, 0) is 0 Å². The van der Waals surface area contributed by atoms with Crippen molar-refractivity contribution in [1.82, 2.24) is 4.90 Å². The molecule has 3 rings (SSSR count). The third-order valence-electron chi connectivity index (χ3n) is 4.42. The fourth-order valence-corrected chi connectivity index (χ4v) is 3.55. The minimum atomic E-state index is -0.136. The Labute approximate surface area is 108 Å². The molecule has 1 N–H and O–H groups in total. The van der Waals surface area contributed by atoms with E-state index < -0.39 is 0 Å². The molecule has 3 heteroatoms. The van der Waals surface area contributed by atoms with E-state index in [1.54, 1.807) is 12.1 Å². The molecule has 18 heavy (non-hydrogen) atoms. The number of piperidine rings is 1. The minimum Gasteiger partial charge on any atom is -0.385 e. The lowest BCUT2D eigenvalue weighted by Gasteiger charge is -2.38. The zero-order chi connectivity index (χ0) is 12.5. The number of hydrogen-bond donors (Lipinski definition) is 1. The van der Waals surface area contributed by atoms with E-state index in [2.05, 4.69) is 17.3 Å². The average molecular weight is 248 g/mol. The van der Waals surface area contributed by atoms with E-state index in [9.17, 15) is 4.39 Å². The number of halogens is 1. The summed E-state index contributed by atoms with van der Waals surface area (Å²) in [7, 11) is 2.21. The van der Waals surface area contributed by atoms with Crippen LogP contribution in [0.5, 0.6) is 0 Å². The molecule has 0 amide bonds. The highest BCUT2D eigenvalue weighted by atomic mass is 19.1. The van der Waals surface area contributed by atoms with Crippen LogP contribution in [-0.4, -0.2) is 31.6 Å². The van der Waals surface area contributed by atoms with Crippen LogP contribution in [0, 0.1) is 11.7 Å². The van der Waals surface area contributed by atoms with Crippen LogP contribution in [0.1, 0.15) is 30.7 Å². The molecule has 2 heterocycles. The number of fused-ring (bicyclic) bond motifs is 1. The summed E-state index contributed by atoms with van der Waals surface area (Å²) >= 11 is 0. The Morgan fingerprint density at radius 3 is 3.06 bits per heavy atom. The van der Waals surface area contributed by atoms with Crippen LogP contribution in [0.2, 0.25) is 0 Å². The fraction of sp³-hybridized carbons (Fsp3) is 0.600. The smallest absolute Gasteiger partial charge is 0.125 e. The highest BCUT2D eigenvalue weighted by molar-refractivity contribution is 5.55. The van der Waals surface area contributed by atoms with Crippen molar-refractivity contribution in [2.75, 3.05) is 32.0 Å². The van der Waals surface area contributed by atoms with Gasteiger partial charge in [-0.3, -0.25) is 0 Å². The second-order valence-corrected chi connectivity index (χ2v) is 5.72. The molecule has 2 nitrogen and oxygen atoms in total. The van der Waals surface area contributed by atoms with Crippen molar-refractivity contribution < 1.29 is 4.39 Å². The number of likely N-dealkylation sites (tertiary alicyclic amines) is 1. The van der Waals surface area contributed by atoms with Gasteiger partial charge in [-0.05, 0) is 62.4 Å². The SMILES string of the molecule is CN1CCCC(C2CCNc3cc(F)ccc32)C1. The van der Waals surface area contributed by atoms with Gasteiger partial charge in [0, 0.05) is 18.8 Å². The van der Waals surface area contributed by atoms with Crippen molar-refractivity contribution in [3.8, 4) is 0 Å². The van der Waals surface area contributed by atoms with Crippen molar-refractivity contribution in [3.63, 3.8) is 0 Å². The molecule has 0 saturated carbocycles. The van der Waals surface area contributed by atoms with Crippen LogP contribution >= 0.6 is 0 Å². The van der Waals surface area contributed by atoms with Gasteiger partial charge in [0.15, 0.2) is 0 Å². The summed E-state index contributed by atoms with van der Waals surface area (Å²) in [5.74, 6) is 1.20. The first-order valence-electron chi connectivity index (χ1n) is 6.96. The Kier molecular flexibility index (Phi) is 3.25. The first-order chi connectivity index (χ1) is 8.74. The quantitative estimate of drug-likeness (QED) is 0.821. The van der Waals surface area contributed by atoms with E-state index in [1.165, 1.54) is 37.9 Å². The summed E-state index contributed by atoms with van der Waals surface area (Å²) in [5, 5.41) is 3.33. The van der Waals surface area contributed by atoms with Gasteiger partial charge in [0.25, 0.3) is 0 Å².